The zero-order valence-electron chi connectivity index (χ0n) is 13.4. The number of hydrogen-bond acceptors (Lipinski definition) is 2. The molecule has 1 aromatic carbocycles. The van der Waals surface area contributed by atoms with E-state index in [1.165, 1.54) is 6.08 Å². The Bertz CT molecular complexity index is 960. The number of rotatable bonds is 3. The molecule has 0 aliphatic carbocycles. The molecule has 2 N–H and O–H groups in total. The average molecular weight is 333 g/mol. The Hall–Kier alpha value is -3.21. The van der Waals surface area contributed by atoms with Crippen LogP contribution in [0.15, 0.2) is 54.7 Å². The van der Waals surface area contributed by atoms with Gasteiger partial charge in [0.2, 0.25) is 0 Å². The Morgan fingerprint density at radius 2 is 2.00 bits per heavy atom. The number of carbonyl (C=O) groups excluding carboxylic acids is 1. The van der Waals surface area contributed by atoms with Crippen molar-refractivity contribution in [1.82, 2.24) is 15.3 Å². The minimum absolute atomic E-state index is 0.0620. The van der Waals surface area contributed by atoms with Crippen molar-refractivity contribution in [2.45, 2.75) is 6.42 Å². The number of carbonyl (C=O) groups is 1. The monoisotopic (exact) mass is 333 g/mol. The Morgan fingerprint density at radius 3 is 2.80 bits per heavy atom. The smallest absolute Gasteiger partial charge is 0.253 e. The molecule has 1 aliphatic rings. The maximum Gasteiger partial charge on any atom is 0.253 e. The summed E-state index contributed by atoms with van der Waals surface area (Å²) in [5.74, 6) is -0.400. The van der Waals surface area contributed by atoms with E-state index in [0.717, 1.165) is 23.4 Å². The summed E-state index contributed by atoms with van der Waals surface area (Å²) in [5, 5.41) is 2.83. The van der Waals surface area contributed by atoms with E-state index in [1.54, 1.807) is 36.5 Å². The molecular formula is C20H16FN3O. The highest BCUT2D eigenvalue weighted by Crippen LogP contribution is 2.25. The number of pyridine rings is 1. The maximum absolute atomic E-state index is 14.4. The lowest BCUT2D eigenvalue weighted by Crippen LogP contribution is -2.31. The van der Waals surface area contributed by atoms with Gasteiger partial charge in [-0.2, -0.15) is 0 Å². The van der Waals surface area contributed by atoms with Gasteiger partial charge in [0.05, 0.1) is 11.3 Å². The van der Waals surface area contributed by atoms with Crippen molar-refractivity contribution < 1.29 is 9.18 Å². The lowest BCUT2D eigenvalue weighted by molar-refractivity contribution is 0.0946. The molecule has 2 aromatic heterocycles. The molecule has 0 saturated heterocycles. The normalized spacial score (nSPS) is 14.1. The van der Waals surface area contributed by atoms with Crippen LogP contribution in [0.2, 0.25) is 0 Å². The fourth-order valence-corrected chi connectivity index (χ4v) is 2.95. The first-order chi connectivity index (χ1) is 12.2. The third-order valence-corrected chi connectivity index (χ3v) is 4.22. The number of fused-ring (bicyclic) bond motifs is 1. The van der Waals surface area contributed by atoms with Crippen molar-refractivity contribution in [3.8, 4) is 11.3 Å². The first-order valence-electron chi connectivity index (χ1n) is 8.10. The molecule has 25 heavy (non-hydrogen) atoms. The fraction of sp³-hybridized carbons (Fsp3) is 0.100. The molecule has 124 valence electrons. The number of amides is 1. The maximum atomic E-state index is 14.4. The SMILES string of the molecule is O=C1NCCc2[nH]c(-c3ccnc(/C=C(/F)c4ccccc4)c3)cc21. The predicted molar refractivity (Wildman–Crippen MR) is 95.5 cm³/mol. The minimum atomic E-state index is -0.338. The van der Waals surface area contributed by atoms with Crippen LogP contribution in [0.4, 0.5) is 4.39 Å². The van der Waals surface area contributed by atoms with E-state index in [0.29, 0.717) is 23.4 Å². The van der Waals surface area contributed by atoms with Gasteiger partial charge in [-0.15, -0.1) is 0 Å². The second kappa shape index (κ2) is 6.36. The summed E-state index contributed by atoms with van der Waals surface area (Å²) in [6.45, 7) is 0.637. The summed E-state index contributed by atoms with van der Waals surface area (Å²) >= 11 is 0. The van der Waals surface area contributed by atoms with Crippen molar-refractivity contribution in [3.63, 3.8) is 0 Å². The molecule has 1 amide bonds. The summed E-state index contributed by atoms with van der Waals surface area (Å²) in [6, 6.07) is 14.3. The number of benzene rings is 1. The lowest BCUT2D eigenvalue weighted by Gasteiger charge is -2.10. The molecule has 3 aromatic rings. The van der Waals surface area contributed by atoms with Gasteiger partial charge in [0.25, 0.3) is 5.91 Å². The topological polar surface area (TPSA) is 57.8 Å². The summed E-state index contributed by atoms with van der Waals surface area (Å²) < 4.78 is 14.4. The van der Waals surface area contributed by atoms with Gasteiger partial charge in [-0.3, -0.25) is 9.78 Å². The van der Waals surface area contributed by atoms with Crippen LogP contribution in [0.25, 0.3) is 23.2 Å². The van der Waals surface area contributed by atoms with Crippen LogP contribution in [0.3, 0.4) is 0 Å². The van der Waals surface area contributed by atoms with Gasteiger partial charge in [0, 0.05) is 47.8 Å². The zero-order valence-corrected chi connectivity index (χ0v) is 13.4. The highest BCUT2D eigenvalue weighted by molar-refractivity contribution is 5.97. The Kier molecular flexibility index (Phi) is 3.90. The Morgan fingerprint density at radius 1 is 1.16 bits per heavy atom. The molecule has 5 heteroatoms. The summed E-state index contributed by atoms with van der Waals surface area (Å²) in [5.41, 5.74) is 4.34. The van der Waals surface area contributed by atoms with E-state index in [1.807, 2.05) is 18.2 Å². The Labute approximate surface area is 144 Å². The van der Waals surface area contributed by atoms with Crippen molar-refractivity contribution in [3.05, 3.63) is 77.2 Å². The third-order valence-electron chi connectivity index (χ3n) is 4.22. The number of aromatic nitrogens is 2. The summed E-state index contributed by atoms with van der Waals surface area (Å²) in [7, 11) is 0. The molecule has 3 heterocycles. The zero-order chi connectivity index (χ0) is 17.2. The molecule has 0 atom stereocenters. The third kappa shape index (κ3) is 3.08. The first kappa shape index (κ1) is 15.3. The number of aromatic amines is 1. The van der Waals surface area contributed by atoms with Crippen molar-refractivity contribution >= 4 is 17.8 Å². The van der Waals surface area contributed by atoms with E-state index < -0.39 is 0 Å². The highest BCUT2D eigenvalue weighted by Gasteiger charge is 2.19. The molecule has 4 rings (SSSR count). The van der Waals surface area contributed by atoms with Gasteiger partial charge >= 0.3 is 0 Å². The number of hydrogen-bond donors (Lipinski definition) is 2. The van der Waals surface area contributed by atoms with Crippen LogP contribution in [-0.2, 0) is 6.42 Å². The summed E-state index contributed by atoms with van der Waals surface area (Å²) in [6.07, 6.45) is 3.83. The van der Waals surface area contributed by atoms with E-state index in [4.69, 9.17) is 0 Å². The number of nitrogens with zero attached hydrogens (tertiary/aromatic N) is 1. The van der Waals surface area contributed by atoms with Crippen molar-refractivity contribution in [2.24, 2.45) is 0 Å². The second-order valence-corrected chi connectivity index (χ2v) is 5.91. The molecule has 0 unspecified atom stereocenters. The quantitative estimate of drug-likeness (QED) is 0.765. The van der Waals surface area contributed by atoms with Crippen LogP contribution in [0.1, 0.15) is 27.3 Å². The molecule has 4 nitrogen and oxygen atoms in total. The van der Waals surface area contributed by atoms with E-state index in [-0.39, 0.29) is 11.7 Å². The van der Waals surface area contributed by atoms with Crippen LogP contribution in [0.5, 0.6) is 0 Å². The van der Waals surface area contributed by atoms with E-state index in [9.17, 15) is 9.18 Å². The number of nitrogens with one attached hydrogen (secondary N) is 2. The van der Waals surface area contributed by atoms with Gasteiger partial charge in [-0.25, -0.2) is 4.39 Å². The van der Waals surface area contributed by atoms with Crippen LogP contribution >= 0.6 is 0 Å². The first-order valence-corrected chi connectivity index (χ1v) is 8.10. The number of halogens is 1. The van der Waals surface area contributed by atoms with Crippen LogP contribution in [0, 0.1) is 0 Å². The molecule has 1 aliphatic heterocycles. The van der Waals surface area contributed by atoms with Crippen molar-refractivity contribution in [2.75, 3.05) is 6.54 Å². The molecular weight excluding hydrogens is 317 g/mol. The fourth-order valence-electron chi connectivity index (χ4n) is 2.95. The van der Waals surface area contributed by atoms with Crippen LogP contribution in [-0.4, -0.2) is 22.4 Å². The minimum Gasteiger partial charge on any atom is -0.358 e. The molecule has 0 bridgehead atoms. The van der Waals surface area contributed by atoms with Crippen LogP contribution < -0.4 is 5.32 Å². The van der Waals surface area contributed by atoms with E-state index >= 15 is 0 Å². The van der Waals surface area contributed by atoms with Gasteiger partial charge in [0.15, 0.2) is 0 Å². The van der Waals surface area contributed by atoms with Gasteiger partial charge < -0.3 is 10.3 Å². The van der Waals surface area contributed by atoms with Gasteiger partial charge in [-0.1, -0.05) is 30.3 Å². The second-order valence-electron chi connectivity index (χ2n) is 5.91. The largest absolute Gasteiger partial charge is 0.358 e. The summed E-state index contributed by atoms with van der Waals surface area (Å²) in [4.78, 5) is 19.4. The molecule has 0 spiro atoms. The molecule has 0 saturated carbocycles. The lowest BCUT2D eigenvalue weighted by atomic mass is 10.1. The Balaban J connectivity index is 1.67. The standard InChI is InChI=1S/C20H16FN3O/c21-17(13-4-2-1-3-5-13)11-15-10-14(6-8-22-15)19-12-16-18(24-19)7-9-23-20(16)25/h1-6,8,10-12,24H,7,9H2,(H,23,25)/b17-11+. The van der Waals surface area contributed by atoms with Crippen molar-refractivity contribution in [1.29, 1.82) is 0 Å². The number of H-pyrrole nitrogens is 1. The predicted octanol–water partition coefficient (Wildman–Crippen LogP) is 3.83. The van der Waals surface area contributed by atoms with Gasteiger partial charge in [-0.05, 0) is 18.2 Å². The average Bonchev–Trinajstić information content (AvgIpc) is 3.08. The molecule has 0 radical (unpaired) electrons. The highest BCUT2D eigenvalue weighted by atomic mass is 19.1. The van der Waals surface area contributed by atoms with Gasteiger partial charge in [0.1, 0.15) is 5.83 Å². The molecule has 0 fully saturated rings. The van der Waals surface area contributed by atoms with E-state index in [2.05, 4.69) is 15.3 Å².